The van der Waals surface area contributed by atoms with Crippen LogP contribution in [-0.2, 0) is 6.18 Å². The Kier molecular flexibility index (Phi) is 7.14. The van der Waals surface area contributed by atoms with E-state index in [1.807, 2.05) is 62.4 Å². The average molecular weight is 477 g/mol. The highest BCUT2D eigenvalue weighted by atomic mass is 19.4. The van der Waals surface area contributed by atoms with Gasteiger partial charge in [-0.25, -0.2) is 0 Å². The van der Waals surface area contributed by atoms with E-state index in [-0.39, 0.29) is 0 Å². The summed E-state index contributed by atoms with van der Waals surface area (Å²) in [4.78, 5) is 0. The first-order chi connectivity index (χ1) is 17.2. The van der Waals surface area contributed by atoms with Gasteiger partial charge in [0.15, 0.2) is 0 Å². The van der Waals surface area contributed by atoms with Crippen LogP contribution in [0.1, 0.15) is 36.1 Å². The molecular formula is C33H23F3. The number of allylic oxidation sites excluding steroid dienone is 5. The van der Waals surface area contributed by atoms with Crippen LogP contribution >= 0.6 is 0 Å². The molecule has 0 nitrogen and oxygen atoms in total. The quantitative estimate of drug-likeness (QED) is 0.154. The third-order valence-corrected chi connectivity index (χ3v) is 5.43. The van der Waals surface area contributed by atoms with Gasteiger partial charge in [-0.2, -0.15) is 13.2 Å². The fraction of sp³-hybridized carbons (Fsp3) is 0.0909. The van der Waals surface area contributed by atoms with Crippen LogP contribution in [0.25, 0.3) is 21.5 Å². The highest BCUT2D eigenvalue weighted by Crippen LogP contribution is 2.29. The predicted molar refractivity (Wildman–Crippen MR) is 143 cm³/mol. The summed E-state index contributed by atoms with van der Waals surface area (Å²) in [6.45, 7) is 8.05. The van der Waals surface area contributed by atoms with E-state index < -0.39 is 11.7 Å². The monoisotopic (exact) mass is 476 g/mol. The highest BCUT2D eigenvalue weighted by molar-refractivity contribution is 5.99. The minimum Gasteiger partial charge on any atom is -0.166 e. The molecule has 0 atom stereocenters. The summed E-state index contributed by atoms with van der Waals surface area (Å²) in [6, 6.07) is 21.1. The third-order valence-electron chi connectivity index (χ3n) is 5.43. The molecule has 0 aliphatic rings. The lowest BCUT2D eigenvalue weighted by Crippen LogP contribution is -2.04. The van der Waals surface area contributed by atoms with Gasteiger partial charge >= 0.3 is 6.18 Å². The van der Waals surface area contributed by atoms with E-state index in [2.05, 4.69) is 48.5 Å². The Hall–Kier alpha value is -4.47. The number of hydrogen-bond donors (Lipinski definition) is 0. The number of hydrogen-bond acceptors (Lipinski definition) is 0. The van der Waals surface area contributed by atoms with Crippen molar-refractivity contribution < 1.29 is 13.2 Å². The molecule has 0 fully saturated rings. The molecule has 0 saturated carbocycles. The molecule has 0 aromatic heterocycles. The molecule has 36 heavy (non-hydrogen) atoms. The molecule has 0 bridgehead atoms. The van der Waals surface area contributed by atoms with E-state index in [9.17, 15) is 13.2 Å². The molecule has 0 radical (unpaired) electrons. The van der Waals surface area contributed by atoms with Gasteiger partial charge in [0.25, 0.3) is 0 Å². The molecular weight excluding hydrogens is 453 g/mol. The average Bonchev–Trinajstić information content (AvgIpc) is 2.84. The number of fused-ring (bicyclic) bond motifs is 2. The van der Waals surface area contributed by atoms with Crippen LogP contribution in [0, 0.1) is 23.7 Å². The van der Waals surface area contributed by atoms with Gasteiger partial charge in [0.1, 0.15) is 0 Å². The van der Waals surface area contributed by atoms with Gasteiger partial charge in [0.2, 0.25) is 0 Å². The standard InChI is InChI=1S/C33H23F3/c1-23(2)6-4-7-24(3)10-11-26-14-16-28-22-31-19-27(15-17-29(31)21-30(28)18-26)13-12-25-8-5-9-32(20-25)33(34,35)36/h4-9,14-22H,3H2,1-2H3/b7-4-. The fourth-order valence-electron chi connectivity index (χ4n) is 3.62. The van der Waals surface area contributed by atoms with E-state index in [0.29, 0.717) is 5.56 Å². The lowest BCUT2D eigenvalue weighted by molar-refractivity contribution is -0.137. The summed E-state index contributed by atoms with van der Waals surface area (Å²) in [5.41, 5.74) is 3.22. The van der Waals surface area contributed by atoms with Crippen LogP contribution in [0.15, 0.2) is 109 Å². The molecule has 4 aromatic carbocycles. The van der Waals surface area contributed by atoms with E-state index in [1.54, 1.807) is 6.07 Å². The second-order valence-electron chi connectivity index (χ2n) is 8.68. The van der Waals surface area contributed by atoms with Crippen LogP contribution in [0.5, 0.6) is 0 Å². The van der Waals surface area contributed by atoms with E-state index in [4.69, 9.17) is 0 Å². The Bertz CT molecular complexity index is 1650. The Labute approximate surface area is 209 Å². The van der Waals surface area contributed by atoms with E-state index in [1.165, 1.54) is 11.6 Å². The maximum absolute atomic E-state index is 12.9. The molecule has 0 heterocycles. The zero-order valence-corrected chi connectivity index (χ0v) is 20.0. The lowest BCUT2D eigenvalue weighted by Gasteiger charge is -2.06. The van der Waals surface area contributed by atoms with Crippen molar-refractivity contribution in [2.45, 2.75) is 20.0 Å². The molecule has 0 N–H and O–H groups in total. The molecule has 0 aliphatic heterocycles. The van der Waals surface area contributed by atoms with Crippen molar-refractivity contribution in [3.05, 3.63) is 131 Å². The van der Waals surface area contributed by atoms with E-state index in [0.717, 1.165) is 50.4 Å². The Balaban J connectivity index is 1.59. The Morgan fingerprint density at radius 3 is 1.89 bits per heavy atom. The van der Waals surface area contributed by atoms with E-state index >= 15 is 0 Å². The number of rotatable bonds is 2. The second-order valence-corrected chi connectivity index (χ2v) is 8.68. The first-order valence-corrected chi connectivity index (χ1v) is 11.4. The smallest absolute Gasteiger partial charge is 0.166 e. The topological polar surface area (TPSA) is 0 Å². The number of alkyl halides is 3. The molecule has 0 spiro atoms. The molecule has 4 aromatic rings. The number of halogens is 3. The zero-order valence-electron chi connectivity index (χ0n) is 20.0. The summed E-state index contributed by atoms with van der Waals surface area (Å²) in [5.74, 6) is 12.1. The van der Waals surface area contributed by atoms with Gasteiger partial charge in [0, 0.05) is 22.3 Å². The molecule has 0 aliphatic carbocycles. The largest absolute Gasteiger partial charge is 0.416 e. The third kappa shape index (κ3) is 6.35. The summed E-state index contributed by atoms with van der Waals surface area (Å²) in [7, 11) is 0. The van der Waals surface area contributed by atoms with Gasteiger partial charge in [-0.3, -0.25) is 0 Å². The maximum Gasteiger partial charge on any atom is 0.416 e. The molecule has 3 heteroatoms. The molecule has 0 unspecified atom stereocenters. The summed E-state index contributed by atoms with van der Waals surface area (Å²) in [5, 5.41) is 4.20. The predicted octanol–water partition coefficient (Wildman–Crippen LogP) is 8.84. The summed E-state index contributed by atoms with van der Waals surface area (Å²) in [6.07, 6.45) is 1.46. The molecule has 0 amide bonds. The lowest BCUT2D eigenvalue weighted by atomic mass is 10.00. The van der Waals surface area contributed by atoms with Gasteiger partial charge in [-0.15, -0.1) is 0 Å². The van der Waals surface area contributed by atoms with Crippen LogP contribution in [0.4, 0.5) is 13.2 Å². The van der Waals surface area contributed by atoms with Crippen LogP contribution < -0.4 is 0 Å². The van der Waals surface area contributed by atoms with Crippen LogP contribution in [0.3, 0.4) is 0 Å². The summed E-state index contributed by atoms with van der Waals surface area (Å²) >= 11 is 0. The number of benzene rings is 4. The maximum atomic E-state index is 12.9. The molecule has 4 rings (SSSR count). The second kappa shape index (κ2) is 10.4. The van der Waals surface area contributed by atoms with Gasteiger partial charge in [-0.05, 0) is 96.1 Å². The minimum absolute atomic E-state index is 0.326. The van der Waals surface area contributed by atoms with Crippen LogP contribution in [-0.4, -0.2) is 0 Å². The van der Waals surface area contributed by atoms with Gasteiger partial charge < -0.3 is 0 Å². The van der Waals surface area contributed by atoms with Crippen molar-refractivity contribution in [1.29, 1.82) is 0 Å². The SMILES string of the molecule is C=C(C#Cc1ccc2cc3cc(C#Cc4cccc(C(F)(F)F)c4)ccc3cc2c1)/C=C\C=C(C)C. The first kappa shape index (κ1) is 24.6. The minimum atomic E-state index is -4.39. The van der Waals surface area contributed by atoms with Crippen molar-refractivity contribution in [1.82, 2.24) is 0 Å². The zero-order chi connectivity index (χ0) is 25.7. The normalized spacial score (nSPS) is 11.0. The summed E-state index contributed by atoms with van der Waals surface area (Å²) < 4.78 is 38.8. The fourth-order valence-corrected chi connectivity index (χ4v) is 3.62. The van der Waals surface area contributed by atoms with Crippen LogP contribution in [0.2, 0.25) is 0 Å². The molecule has 0 saturated heterocycles. The Morgan fingerprint density at radius 2 is 1.31 bits per heavy atom. The van der Waals surface area contributed by atoms with Gasteiger partial charge in [0.05, 0.1) is 5.56 Å². The Morgan fingerprint density at radius 1 is 0.722 bits per heavy atom. The van der Waals surface area contributed by atoms with Crippen molar-refractivity contribution in [3.8, 4) is 23.7 Å². The van der Waals surface area contributed by atoms with Crippen molar-refractivity contribution in [3.63, 3.8) is 0 Å². The van der Waals surface area contributed by atoms with Crippen molar-refractivity contribution in [2.75, 3.05) is 0 Å². The first-order valence-electron chi connectivity index (χ1n) is 11.4. The van der Waals surface area contributed by atoms with Crippen molar-refractivity contribution in [2.24, 2.45) is 0 Å². The highest BCUT2D eigenvalue weighted by Gasteiger charge is 2.30. The molecule has 176 valence electrons. The van der Waals surface area contributed by atoms with Gasteiger partial charge in [-0.1, -0.05) is 66.2 Å². The van der Waals surface area contributed by atoms with Crippen molar-refractivity contribution >= 4 is 21.5 Å².